The SMILES string of the molecule is O=C(NCc1ccc(OCC2CC2)nc1)C1CCCCC1C(=O)N1CCc2ccccc21. The molecule has 2 amide bonds. The van der Waals surface area contributed by atoms with Gasteiger partial charge in [-0.25, -0.2) is 4.98 Å². The Morgan fingerprint density at radius 1 is 1.03 bits per heavy atom. The molecule has 2 fully saturated rings. The molecular formula is C26H31N3O3. The van der Waals surface area contributed by atoms with E-state index in [1.54, 1.807) is 6.20 Å². The van der Waals surface area contributed by atoms with Gasteiger partial charge in [0.1, 0.15) is 0 Å². The highest BCUT2D eigenvalue weighted by Crippen LogP contribution is 2.36. The van der Waals surface area contributed by atoms with Crippen molar-refractivity contribution in [3.63, 3.8) is 0 Å². The van der Waals surface area contributed by atoms with E-state index in [0.29, 0.717) is 24.9 Å². The summed E-state index contributed by atoms with van der Waals surface area (Å²) in [5.41, 5.74) is 3.16. The Kier molecular flexibility index (Phi) is 6.10. The summed E-state index contributed by atoms with van der Waals surface area (Å²) in [5, 5.41) is 3.05. The van der Waals surface area contributed by atoms with Crippen LogP contribution >= 0.6 is 0 Å². The molecule has 1 aromatic carbocycles. The van der Waals surface area contributed by atoms with Gasteiger partial charge in [-0.2, -0.15) is 0 Å². The number of ether oxygens (including phenoxy) is 1. The monoisotopic (exact) mass is 433 g/mol. The first-order valence-corrected chi connectivity index (χ1v) is 11.9. The van der Waals surface area contributed by atoms with Crippen LogP contribution in [0.2, 0.25) is 0 Å². The molecule has 0 saturated heterocycles. The van der Waals surface area contributed by atoms with Crippen molar-refractivity contribution in [2.75, 3.05) is 18.1 Å². The van der Waals surface area contributed by atoms with Gasteiger partial charge in [0.2, 0.25) is 17.7 Å². The van der Waals surface area contributed by atoms with Crippen LogP contribution in [0.3, 0.4) is 0 Å². The Labute approximate surface area is 189 Å². The van der Waals surface area contributed by atoms with E-state index in [-0.39, 0.29) is 23.7 Å². The quantitative estimate of drug-likeness (QED) is 0.719. The largest absolute Gasteiger partial charge is 0.477 e. The molecule has 0 spiro atoms. The van der Waals surface area contributed by atoms with Gasteiger partial charge in [-0.3, -0.25) is 9.59 Å². The third kappa shape index (κ3) is 4.64. The molecule has 168 valence electrons. The molecule has 1 aliphatic heterocycles. The fraction of sp³-hybridized carbons (Fsp3) is 0.500. The Hall–Kier alpha value is -2.89. The molecule has 1 N–H and O–H groups in total. The zero-order valence-corrected chi connectivity index (χ0v) is 18.5. The molecule has 2 aliphatic carbocycles. The fourth-order valence-corrected chi connectivity index (χ4v) is 4.92. The Morgan fingerprint density at radius 3 is 2.62 bits per heavy atom. The first-order valence-electron chi connectivity index (χ1n) is 11.9. The normalized spacial score (nSPS) is 22.3. The van der Waals surface area contributed by atoms with Crippen LogP contribution < -0.4 is 15.0 Å². The zero-order valence-electron chi connectivity index (χ0n) is 18.5. The highest BCUT2D eigenvalue weighted by molar-refractivity contribution is 5.99. The van der Waals surface area contributed by atoms with Gasteiger partial charge in [0, 0.05) is 37.0 Å². The van der Waals surface area contributed by atoms with Crippen LogP contribution in [0, 0.1) is 17.8 Å². The van der Waals surface area contributed by atoms with Gasteiger partial charge in [0.05, 0.1) is 12.5 Å². The average molecular weight is 434 g/mol. The van der Waals surface area contributed by atoms with Gasteiger partial charge < -0.3 is 15.0 Å². The third-order valence-corrected chi connectivity index (χ3v) is 7.00. The molecule has 0 bridgehead atoms. The second-order valence-corrected chi connectivity index (χ2v) is 9.34. The Bertz CT molecular complexity index is 971. The van der Waals surface area contributed by atoms with E-state index in [9.17, 15) is 9.59 Å². The number of anilines is 1. The lowest BCUT2D eigenvalue weighted by Crippen LogP contribution is -2.45. The van der Waals surface area contributed by atoms with Crippen molar-refractivity contribution in [2.24, 2.45) is 17.8 Å². The minimum Gasteiger partial charge on any atom is -0.477 e. The number of hydrogen-bond donors (Lipinski definition) is 1. The molecule has 5 rings (SSSR count). The van der Waals surface area contributed by atoms with E-state index in [1.807, 2.05) is 35.2 Å². The van der Waals surface area contributed by atoms with Crippen molar-refractivity contribution < 1.29 is 14.3 Å². The van der Waals surface area contributed by atoms with E-state index in [0.717, 1.165) is 50.0 Å². The number of amides is 2. The lowest BCUT2D eigenvalue weighted by atomic mass is 9.77. The van der Waals surface area contributed by atoms with E-state index in [4.69, 9.17) is 4.74 Å². The average Bonchev–Trinajstić information content (AvgIpc) is 3.58. The van der Waals surface area contributed by atoms with Gasteiger partial charge >= 0.3 is 0 Å². The number of pyridine rings is 1. The summed E-state index contributed by atoms with van der Waals surface area (Å²) in [4.78, 5) is 32.7. The van der Waals surface area contributed by atoms with Gasteiger partial charge in [-0.05, 0) is 55.2 Å². The first kappa shape index (κ1) is 21.0. The third-order valence-electron chi connectivity index (χ3n) is 7.00. The predicted octanol–water partition coefficient (Wildman–Crippen LogP) is 3.88. The van der Waals surface area contributed by atoms with Crippen molar-refractivity contribution in [1.29, 1.82) is 0 Å². The number of benzene rings is 1. The fourth-order valence-electron chi connectivity index (χ4n) is 4.92. The summed E-state index contributed by atoms with van der Waals surface area (Å²) in [6, 6.07) is 11.9. The highest BCUT2D eigenvalue weighted by atomic mass is 16.5. The summed E-state index contributed by atoms with van der Waals surface area (Å²) in [7, 11) is 0. The van der Waals surface area contributed by atoms with Crippen LogP contribution in [0.1, 0.15) is 49.7 Å². The van der Waals surface area contributed by atoms with E-state index >= 15 is 0 Å². The Balaban J connectivity index is 1.19. The maximum absolute atomic E-state index is 13.4. The second kappa shape index (κ2) is 9.31. The smallest absolute Gasteiger partial charge is 0.230 e. The number of hydrogen-bond acceptors (Lipinski definition) is 4. The number of aromatic nitrogens is 1. The summed E-state index contributed by atoms with van der Waals surface area (Å²) in [6.45, 7) is 1.87. The number of rotatable bonds is 7. The lowest BCUT2D eigenvalue weighted by Gasteiger charge is -2.32. The van der Waals surface area contributed by atoms with Crippen LogP contribution in [0.5, 0.6) is 5.88 Å². The van der Waals surface area contributed by atoms with Crippen molar-refractivity contribution in [1.82, 2.24) is 10.3 Å². The molecular weight excluding hydrogens is 402 g/mol. The summed E-state index contributed by atoms with van der Waals surface area (Å²) in [6.07, 6.45) is 8.69. The number of carbonyl (C=O) groups is 2. The number of fused-ring (bicyclic) bond motifs is 1. The molecule has 2 saturated carbocycles. The van der Waals surface area contributed by atoms with Gasteiger partial charge in [-0.15, -0.1) is 0 Å². The van der Waals surface area contributed by atoms with Crippen LogP contribution in [0.4, 0.5) is 5.69 Å². The second-order valence-electron chi connectivity index (χ2n) is 9.34. The van der Waals surface area contributed by atoms with Crippen molar-refractivity contribution in [3.05, 3.63) is 53.7 Å². The topological polar surface area (TPSA) is 71.5 Å². The van der Waals surface area contributed by atoms with E-state index in [1.165, 1.54) is 18.4 Å². The number of nitrogens with one attached hydrogen (secondary N) is 1. The maximum atomic E-state index is 13.4. The van der Waals surface area contributed by atoms with Crippen LogP contribution in [0.15, 0.2) is 42.6 Å². The number of nitrogens with zero attached hydrogens (tertiary/aromatic N) is 2. The molecule has 3 aliphatic rings. The number of para-hydroxylation sites is 1. The van der Waals surface area contributed by atoms with Crippen LogP contribution in [-0.2, 0) is 22.6 Å². The van der Waals surface area contributed by atoms with Gasteiger partial charge in [0.15, 0.2) is 0 Å². The number of carbonyl (C=O) groups excluding carboxylic acids is 2. The van der Waals surface area contributed by atoms with E-state index in [2.05, 4.69) is 16.4 Å². The molecule has 6 nitrogen and oxygen atoms in total. The van der Waals surface area contributed by atoms with Gasteiger partial charge in [0.25, 0.3) is 0 Å². The van der Waals surface area contributed by atoms with Crippen molar-refractivity contribution >= 4 is 17.5 Å². The molecule has 32 heavy (non-hydrogen) atoms. The molecule has 2 unspecified atom stereocenters. The van der Waals surface area contributed by atoms with Crippen LogP contribution in [-0.4, -0.2) is 29.9 Å². The summed E-state index contributed by atoms with van der Waals surface area (Å²) in [5.74, 6) is 0.898. The zero-order chi connectivity index (χ0) is 21.9. The van der Waals surface area contributed by atoms with Crippen molar-refractivity contribution in [2.45, 2.75) is 51.5 Å². The molecule has 6 heteroatoms. The highest BCUT2D eigenvalue weighted by Gasteiger charge is 2.39. The predicted molar refractivity (Wildman–Crippen MR) is 122 cm³/mol. The van der Waals surface area contributed by atoms with Crippen LogP contribution in [0.25, 0.3) is 0 Å². The Morgan fingerprint density at radius 2 is 1.84 bits per heavy atom. The van der Waals surface area contributed by atoms with Crippen molar-refractivity contribution in [3.8, 4) is 5.88 Å². The molecule has 2 heterocycles. The summed E-state index contributed by atoms with van der Waals surface area (Å²) >= 11 is 0. The summed E-state index contributed by atoms with van der Waals surface area (Å²) < 4.78 is 5.68. The minimum atomic E-state index is -0.266. The van der Waals surface area contributed by atoms with Gasteiger partial charge in [-0.1, -0.05) is 37.1 Å². The molecule has 0 radical (unpaired) electrons. The minimum absolute atomic E-state index is 0.0235. The standard InChI is InChI=1S/C26H31N3O3/c30-25(28-16-19-11-12-24(27-15-19)32-17-18-9-10-18)21-6-2-3-7-22(21)26(31)29-14-13-20-5-1-4-8-23(20)29/h1,4-5,8,11-12,15,18,21-22H,2-3,6-7,9-10,13-14,16-17H2,(H,28,30). The maximum Gasteiger partial charge on any atom is 0.230 e. The molecule has 1 aromatic heterocycles. The molecule has 2 atom stereocenters. The first-order chi connectivity index (χ1) is 15.7. The lowest BCUT2D eigenvalue weighted by molar-refractivity contribution is -0.135. The van der Waals surface area contributed by atoms with E-state index < -0.39 is 0 Å². The molecule has 2 aromatic rings.